The van der Waals surface area contributed by atoms with E-state index in [1.165, 1.54) is 0 Å². The molecule has 0 aromatic heterocycles. The lowest BCUT2D eigenvalue weighted by atomic mass is 10.3. The van der Waals surface area contributed by atoms with Crippen molar-refractivity contribution in [3.8, 4) is 5.75 Å². The third-order valence-corrected chi connectivity index (χ3v) is 1.94. The van der Waals surface area contributed by atoms with Crippen molar-refractivity contribution in [2.24, 2.45) is 0 Å². The van der Waals surface area contributed by atoms with Gasteiger partial charge in [0.15, 0.2) is 0 Å². The second-order valence-corrected chi connectivity index (χ2v) is 3.18. The number of amides is 1. The van der Waals surface area contributed by atoms with Gasteiger partial charge in [-0.1, -0.05) is 11.6 Å². The zero-order chi connectivity index (χ0) is 11.1. The van der Waals surface area contributed by atoms with E-state index >= 15 is 0 Å². The van der Waals surface area contributed by atoms with Crippen LogP contribution in [0.3, 0.4) is 0 Å². The van der Waals surface area contributed by atoms with Crippen LogP contribution in [0.1, 0.15) is 0 Å². The maximum absolute atomic E-state index is 10.3. The Morgan fingerprint density at radius 3 is 2.93 bits per heavy atom. The molecule has 0 bridgehead atoms. The van der Waals surface area contributed by atoms with Gasteiger partial charge in [0, 0.05) is 12.1 Å². The lowest BCUT2D eigenvalue weighted by molar-refractivity contribution is -0.105. The molecule has 4 nitrogen and oxygen atoms in total. The monoisotopic (exact) mass is 229 g/mol. The molecule has 0 saturated heterocycles. The van der Waals surface area contributed by atoms with E-state index in [2.05, 4.69) is 5.32 Å². The highest BCUT2D eigenvalue weighted by Crippen LogP contribution is 2.27. The molecule has 1 aromatic rings. The number of hydrogen-bond donors (Lipinski definition) is 1. The molecule has 0 atom stereocenters. The molecule has 1 N–H and O–H groups in total. The topological polar surface area (TPSA) is 47.6 Å². The summed E-state index contributed by atoms with van der Waals surface area (Å²) in [5.41, 5.74) is 0.550. The maximum Gasteiger partial charge on any atom is 0.211 e. The minimum absolute atomic E-state index is 0.422. The fraction of sp³-hybridized carbons (Fsp3) is 0.300. The van der Waals surface area contributed by atoms with Crippen molar-refractivity contribution in [3.05, 3.63) is 23.2 Å². The van der Waals surface area contributed by atoms with Crippen molar-refractivity contribution in [2.75, 3.05) is 25.6 Å². The van der Waals surface area contributed by atoms with E-state index in [0.717, 1.165) is 0 Å². The molecule has 5 heteroatoms. The lowest BCUT2D eigenvalue weighted by Crippen LogP contribution is -2.06. The molecule has 0 aliphatic heterocycles. The molecule has 0 aliphatic rings. The van der Waals surface area contributed by atoms with Crippen LogP contribution in [0.5, 0.6) is 5.75 Å². The fourth-order valence-corrected chi connectivity index (χ4v) is 1.21. The molecule has 0 spiro atoms. The van der Waals surface area contributed by atoms with Crippen LogP contribution in [0.2, 0.25) is 5.02 Å². The van der Waals surface area contributed by atoms with E-state index in [1.807, 2.05) is 0 Å². The first kappa shape index (κ1) is 11.8. The molecule has 0 aliphatic carbocycles. The van der Waals surface area contributed by atoms with E-state index in [0.29, 0.717) is 36.1 Å². The summed E-state index contributed by atoms with van der Waals surface area (Å²) >= 11 is 5.78. The van der Waals surface area contributed by atoms with Crippen molar-refractivity contribution >= 4 is 23.7 Å². The van der Waals surface area contributed by atoms with Crippen LogP contribution in [-0.2, 0) is 9.53 Å². The summed E-state index contributed by atoms with van der Waals surface area (Å²) in [6.45, 7) is 0.912. The quantitative estimate of drug-likeness (QED) is 0.599. The number of halogens is 1. The van der Waals surface area contributed by atoms with Crippen molar-refractivity contribution < 1.29 is 14.3 Å². The molecule has 15 heavy (non-hydrogen) atoms. The third-order valence-electron chi connectivity index (χ3n) is 1.70. The van der Waals surface area contributed by atoms with Crippen LogP contribution in [0.25, 0.3) is 0 Å². The van der Waals surface area contributed by atoms with Gasteiger partial charge in [0.25, 0.3) is 0 Å². The van der Waals surface area contributed by atoms with Crippen LogP contribution in [-0.4, -0.2) is 26.7 Å². The minimum atomic E-state index is 0.422. The Balaban J connectivity index is 2.71. The minimum Gasteiger partial charge on any atom is -0.489 e. The molecular weight excluding hydrogens is 218 g/mol. The second kappa shape index (κ2) is 6.27. The molecule has 0 unspecified atom stereocenters. The molecule has 1 rings (SSSR count). The van der Waals surface area contributed by atoms with E-state index < -0.39 is 0 Å². The van der Waals surface area contributed by atoms with Crippen molar-refractivity contribution in [3.63, 3.8) is 0 Å². The molecule has 1 aromatic carbocycles. The van der Waals surface area contributed by atoms with Crippen molar-refractivity contribution in [1.82, 2.24) is 0 Å². The highest BCUT2D eigenvalue weighted by Gasteiger charge is 2.03. The SMILES string of the molecule is COCCOc1ccc(Cl)cc1NC=O. The maximum atomic E-state index is 10.3. The summed E-state index contributed by atoms with van der Waals surface area (Å²) in [6.07, 6.45) is 0.578. The Morgan fingerprint density at radius 1 is 1.47 bits per heavy atom. The summed E-state index contributed by atoms with van der Waals surface area (Å²) in [5.74, 6) is 0.573. The first-order valence-electron chi connectivity index (χ1n) is 4.39. The highest BCUT2D eigenvalue weighted by molar-refractivity contribution is 6.31. The molecule has 1 amide bonds. The van der Waals surface area contributed by atoms with Crippen LogP contribution >= 0.6 is 11.6 Å². The number of carbonyl (C=O) groups excluding carboxylic acids is 1. The van der Waals surface area contributed by atoms with Crippen molar-refractivity contribution in [2.45, 2.75) is 0 Å². The molecule has 0 radical (unpaired) electrons. The number of rotatable bonds is 6. The predicted molar refractivity (Wildman–Crippen MR) is 58.5 cm³/mol. The van der Waals surface area contributed by atoms with Gasteiger partial charge in [0.05, 0.1) is 12.3 Å². The standard InChI is InChI=1S/C10H12ClNO3/c1-14-4-5-15-10-3-2-8(11)6-9(10)12-7-13/h2-3,6-7H,4-5H2,1H3,(H,12,13). The summed E-state index contributed by atoms with van der Waals surface area (Å²) in [6, 6.07) is 5.02. The predicted octanol–water partition coefficient (Wildman–Crippen LogP) is 1.93. The van der Waals surface area contributed by atoms with Gasteiger partial charge in [0.1, 0.15) is 12.4 Å². The van der Waals surface area contributed by atoms with Crippen LogP contribution < -0.4 is 10.1 Å². The number of methoxy groups -OCH3 is 1. The molecule has 82 valence electrons. The van der Waals surface area contributed by atoms with Crippen molar-refractivity contribution in [1.29, 1.82) is 0 Å². The number of anilines is 1. The summed E-state index contributed by atoms with van der Waals surface area (Å²) in [7, 11) is 1.59. The van der Waals surface area contributed by atoms with Gasteiger partial charge >= 0.3 is 0 Å². The lowest BCUT2D eigenvalue weighted by Gasteiger charge is -2.10. The fourth-order valence-electron chi connectivity index (χ4n) is 1.04. The number of benzene rings is 1. The number of ether oxygens (including phenoxy) is 2. The Labute approximate surface area is 93.1 Å². The van der Waals surface area contributed by atoms with Crippen LogP contribution in [0, 0.1) is 0 Å². The number of carbonyl (C=O) groups is 1. The second-order valence-electron chi connectivity index (χ2n) is 2.74. The number of nitrogens with one attached hydrogen (secondary N) is 1. The third kappa shape index (κ3) is 3.77. The van der Waals surface area contributed by atoms with Crippen LogP contribution in [0.4, 0.5) is 5.69 Å². The van der Waals surface area contributed by atoms with Gasteiger partial charge in [-0.05, 0) is 18.2 Å². The van der Waals surface area contributed by atoms with Gasteiger partial charge in [0.2, 0.25) is 6.41 Å². The highest BCUT2D eigenvalue weighted by atomic mass is 35.5. The first-order chi connectivity index (χ1) is 7.27. The Hall–Kier alpha value is -1.26. The van der Waals surface area contributed by atoms with E-state index in [1.54, 1.807) is 25.3 Å². The molecule has 0 heterocycles. The Kier molecular flexibility index (Phi) is 4.93. The Morgan fingerprint density at radius 2 is 2.27 bits per heavy atom. The zero-order valence-electron chi connectivity index (χ0n) is 8.33. The van der Waals surface area contributed by atoms with Gasteiger partial charge < -0.3 is 14.8 Å². The molecular formula is C10H12ClNO3. The largest absolute Gasteiger partial charge is 0.489 e. The molecule has 0 fully saturated rings. The first-order valence-corrected chi connectivity index (χ1v) is 4.77. The summed E-state index contributed by atoms with van der Waals surface area (Å²) < 4.78 is 10.2. The average Bonchev–Trinajstić information content (AvgIpc) is 2.22. The number of hydrogen-bond acceptors (Lipinski definition) is 3. The van der Waals surface area contributed by atoms with E-state index in [-0.39, 0.29) is 0 Å². The van der Waals surface area contributed by atoms with Crippen LogP contribution in [0.15, 0.2) is 18.2 Å². The normalized spacial score (nSPS) is 9.73. The summed E-state index contributed by atoms with van der Waals surface area (Å²) in [5, 5.41) is 3.05. The van der Waals surface area contributed by atoms with Gasteiger partial charge in [-0.15, -0.1) is 0 Å². The van der Waals surface area contributed by atoms with Gasteiger partial charge in [-0.3, -0.25) is 4.79 Å². The Bertz CT molecular complexity index is 330. The van der Waals surface area contributed by atoms with E-state index in [9.17, 15) is 4.79 Å². The molecule has 0 saturated carbocycles. The zero-order valence-corrected chi connectivity index (χ0v) is 9.08. The van der Waals surface area contributed by atoms with Gasteiger partial charge in [-0.25, -0.2) is 0 Å². The van der Waals surface area contributed by atoms with Gasteiger partial charge in [-0.2, -0.15) is 0 Å². The van der Waals surface area contributed by atoms with E-state index in [4.69, 9.17) is 21.1 Å². The smallest absolute Gasteiger partial charge is 0.211 e. The summed E-state index contributed by atoms with van der Waals surface area (Å²) in [4.78, 5) is 10.3. The average molecular weight is 230 g/mol.